The third-order valence-electron chi connectivity index (χ3n) is 2.78. The fourth-order valence-electron chi connectivity index (χ4n) is 1.82. The molecule has 0 bridgehead atoms. The van der Waals surface area contributed by atoms with Gasteiger partial charge in [0.1, 0.15) is 0 Å². The molecule has 0 spiro atoms. The molecule has 0 amide bonds. The molecule has 7 nitrogen and oxygen atoms in total. The van der Waals surface area contributed by atoms with Crippen LogP contribution in [0.4, 0.5) is 17.8 Å². The topological polar surface area (TPSA) is 78.0 Å². The molecular weight excluding hydrogens is 254 g/mol. The zero-order valence-electron chi connectivity index (χ0n) is 11.9. The van der Waals surface area contributed by atoms with E-state index in [1.807, 2.05) is 26.0 Å². The van der Waals surface area contributed by atoms with Crippen LogP contribution in [0.2, 0.25) is 0 Å². The van der Waals surface area contributed by atoms with Crippen LogP contribution in [0.3, 0.4) is 0 Å². The molecule has 2 rings (SSSR count). The van der Waals surface area contributed by atoms with Gasteiger partial charge >= 0.3 is 0 Å². The Morgan fingerprint density at radius 1 is 0.950 bits per heavy atom. The van der Waals surface area contributed by atoms with E-state index in [-0.39, 0.29) is 0 Å². The Balaban J connectivity index is 2.23. The molecule has 20 heavy (non-hydrogen) atoms. The second-order valence-corrected chi connectivity index (χ2v) is 4.31. The maximum absolute atomic E-state index is 4.45. The van der Waals surface area contributed by atoms with Gasteiger partial charge in [0, 0.05) is 26.2 Å². The van der Waals surface area contributed by atoms with Gasteiger partial charge in [-0.15, -0.1) is 0 Å². The summed E-state index contributed by atoms with van der Waals surface area (Å²) in [6.07, 6.45) is 7.40. The highest BCUT2D eigenvalue weighted by atomic mass is 15.3. The van der Waals surface area contributed by atoms with Crippen molar-refractivity contribution in [3.8, 4) is 0 Å². The van der Waals surface area contributed by atoms with Gasteiger partial charge in [-0.2, -0.15) is 15.0 Å². The zero-order valence-corrected chi connectivity index (χ0v) is 11.9. The molecule has 0 aromatic carbocycles. The van der Waals surface area contributed by atoms with Crippen molar-refractivity contribution in [1.29, 1.82) is 0 Å². The van der Waals surface area contributed by atoms with E-state index in [9.17, 15) is 0 Å². The smallest absolute Gasteiger partial charge is 0.233 e. The molecule has 7 heteroatoms. The Hall–Kier alpha value is -2.15. The minimum atomic E-state index is 0.540. The van der Waals surface area contributed by atoms with Crippen molar-refractivity contribution in [3.05, 3.63) is 24.6 Å². The van der Waals surface area contributed by atoms with Gasteiger partial charge in [-0.1, -0.05) is 12.2 Å². The summed E-state index contributed by atoms with van der Waals surface area (Å²) in [5.41, 5.74) is 0. The first-order valence-corrected chi connectivity index (χ1v) is 6.80. The molecule has 2 heterocycles. The predicted octanol–water partition coefficient (Wildman–Crippen LogP) is 1.17. The Labute approximate surface area is 119 Å². The van der Waals surface area contributed by atoms with Gasteiger partial charge < -0.3 is 20.9 Å². The minimum absolute atomic E-state index is 0.540. The number of allylic oxidation sites excluding steroid dienone is 2. The fourth-order valence-corrected chi connectivity index (χ4v) is 1.82. The summed E-state index contributed by atoms with van der Waals surface area (Å²) in [6, 6.07) is 0. The van der Waals surface area contributed by atoms with Crippen LogP contribution < -0.4 is 20.9 Å². The molecule has 108 valence electrons. The van der Waals surface area contributed by atoms with E-state index in [2.05, 4.69) is 35.8 Å². The van der Waals surface area contributed by atoms with Crippen molar-refractivity contribution in [2.24, 2.45) is 0 Å². The first-order valence-electron chi connectivity index (χ1n) is 6.80. The molecule has 0 saturated carbocycles. The van der Waals surface area contributed by atoms with Crippen LogP contribution in [-0.2, 0) is 0 Å². The standard InChI is InChI=1S/C13H21N7/c1-3-5-15-11-17-12(16-6-4-2)19-13(18-11)20-9-7-14-8-10-20/h3-6,14H,7-10H2,1-2H3,(H2,15,16,17,18,19)/b5-3-,6-4-. The van der Waals surface area contributed by atoms with Crippen molar-refractivity contribution in [2.75, 3.05) is 41.7 Å². The third-order valence-corrected chi connectivity index (χ3v) is 2.78. The maximum Gasteiger partial charge on any atom is 0.233 e. The number of anilines is 3. The third kappa shape index (κ3) is 3.92. The monoisotopic (exact) mass is 275 g/mol. The molecule has 1 aliphatic heterocycles. The van der Waals surface area contributed by atoms with Crippen LogP contribution in [0.1, 0.15) is 13.8 Å². The largest absolute Gasteiger partial charge is 0.338 e. The number of nitrogens with zero attached hydrogens (tertiary/aromatic N) is 4. The lowest BCUT2D eigenvalue weighted by atomic mass is 10.4. The quantitative estimate of drug-likeness (QED) is 0.744. The van der Waals surface area contributed by atoms with Gasteiger partial charge in [0.15, 0.2) is 0 Å². The van der Waals surface area contributed by atoms with Crippen molar-refractivity contribution in [1.82, 2.24) is 20.3 Å². The Morgan fingerprint density at radius 2 is 1.50 bits per heavy atom. The Bertz CT molecular complexity index is 445. The van der Waals surface area contributed by atoms with Crippen molar-refractivity contribution < 1.29 is 0 Å². The molecular formula is C13H21N7. The molecule has 1 aromatic heterocycles. The van der Waals surface area contributed by atoms with Gasteiger partial charge in [-0.05, 0) is 26.2 Å². The lowest BCUT2D eigenvalue weighted by Crippen LogP contribution is -2.44. The normalized spacial score (nSPS) is 16.0. The van der Waals surface area contributed by atoms with Crippen LogP contribution in [0.25, 0.3) is 0 Å². The van der Waals surface area contributed by atoms with Crippen LogP contribution in [0.15, 0.2) is 24.6 Å². The molecule has 1 aliphatic rings. The number of hydrogen-bond donors (Lipinski definition) is 3. The number of piperazine rings is 1. The molecule has 0 radical (unpaired) electrons. The average molecular weight is 275 g/mol. The van der Waals surface area contributed by atoms with E-state index in [0.29, 0.717) is 17.8 Å². The zero-order chi connectivity index (χ0) is 14.2. The Morgan fingerprint density at radius 3 is 2.00 bits per heavy atom. The Kier molecular flexibility index (Phi) is 5.31. The number of aromatic nitrogens is 3. The predicted molar refractivity (Wildman–Crippen MR) is 81.8 cm³/mol. The van der Waals surface area contributed by atoms with Gasteiger partial charge in [0.2, 0.25) is 17.8 Å². The first kappa shape index (κ1) is 14.3. The maximum atomic E-state index is 4.45. The molecule has 0 aliphatic carbocycles. The molecule has 1 saturated heterocycles. The van der Waals surface area contributed by atoms with Crippen molar-refractivity contribution in [3.63, 3.8) is 0 Å². The molecule has 1 fully saturated rings. The number of rotatable bonds is 5. The highest BCUT2D eigenvalue weighted by Crippen LogP contribution is 2.14. The average Bonchev–Trinajstić information content (AvgIpc) is 2.51. The van der Waals surface area contributed by atoms with E-state index < -0.39 is 0 Å². The van der Waals surface area contributed by atoms with E-state index in [4.69, 9.17) is 0 Å². The van der Waals surface area contributed by atoms with Crippen LogP contribution in [0.5, 0.6) is 0 Å². The summed E-state index contributed by atoms with van der Waals surface area (Å²) < 4.78 is 0. The fraction of sp³-hybridized carbons (Fsp3) is 0.462. The van der Waals surface area contributed by atoms with Crippen molar-refractivity contribution >= 4 is 17.8 Å². The van der Waals surface area contributed by atoms with Gasteiger partial charge in [-0.3, -0.25) is 0 Å². The molecule has 0 atom stereocenters. The lowest BCUT2D eigenvalue weighted by molar-refractivity contribution is 0.579. The summed E-state index contributed by atoms with van der Waals surface area (Å²) in [4.78, 5) is 15.4. The van der Waals surface area contributed by atoms with Gasteiger partial charge in [-0.25, -0.2) is 0 Å². The van der Waals surface area contributed by atoms with Crippen LogP contribution in [0, 0.1) is 0 Å². The SMILES string of the molecule is C/C=C\Nc1nc(N/C=C\C)nc(N2CCNCC2)n1. The second kappa shape index (κ2) is 7.44. The minimum Gasteiger partial charge on any atom is -0.338 e. The van der Waals surface area contributed by atoms with E-state index in [1.54, 1.807) is 12.4 Å². The lowest BCUT2D eigenvalue weighted by Gasteiger charge is -2.27. The summed E-state index contributed by atoms with van der Waals surface area (Å²) in [7, 11) is 0. The molecule has 0 unspecified atom stereocenters. The van der Waals surface area contributed by atoms with E-state index in [0.717, 1.165) is 26.2 Å². The highest BCUT2D eigenvalue weighted by Gasteiger charge is 2.15. The van der Waals surface area contributed by atoms with Gasteiger partial charge in [0.05, 0.1) is 0 Å². The molecule has 1 aromatic rings. The molecule has 3 N–H and O–H groups in total. The second-order valence-electron chi connectivity index (χ2n) is 4.31. The number of nitrogens with one attached hydrogen (secondary N) is 3. The first-order chi connectivity index (χ1) is 9.83. The van der Waals surface area contributed by atoms with Crippen LogP contribution in [-0.4, -0.2) is 41.1 Å². The van der Waals surface area contributed by atoms with Crippen molar-refractivity contribution in [2.45, 2.75) is 13.8 Å². The summed E-state index contributed by atoms with van der Waals surface area (Å²) in [5, 5.41) is 9.40. The van der Waals surface area contributed by atoms with Gasteiger partial charge in [0.25, 0.3) is 0 Å². The number of hydrogen-bond acceptors (Lipinski definition) is 7. The van der Waals surface area contributed by atoms with E-state index in [1.165, 1.54) is 0 Å². The highest BCUT2D eigenvalue weighted by molar-refractivity contribution is 5.46. The van der Waals surface area contributed by atoms with E-state index >= 15 is 0 Å². The summed E-state index contributed by atoms with van der Waals surface area (Å²) in [6.45, 7) is 7.56. The summed E-state index contributed by atoms with van der Waals surface area (Å²) in [5.74, 6) is 1.78. The summed E-state index contributed by atoms with van der Waals surface area (Å²) >= 11 is 0. The van der Waals surface area contributed by atoms with Crippen LogP contribution >= 0.6 is 0 Å².